The molecule has 2 aromatic carbocycles. The Balaban J connectivity index is 2.17. The molecule has 0 aliphatic rings. The number of oxazole rings is 1. The van der Waals surface area contributed by atoms with E-state index in [1.54, 1.807) is 0 Å². The van der Waals surface area contributed by atoms with E-state index in [9.17, 15) is 0 Å². The maximum Gasteiger partial charge on any atom is 0.227 e. The number of hydrogen-bond acceptors (Lipinski definition) is 3. The van der Waals surface area contributed by atoms with Crippen LogP contribution in [0, 0.1) is 6.92 Å². The summed E-state index contributed by atoms with van der Waals surface area (Å²) in [6.45, 7) is 2.06. The molecule has 0 fully saturated rings. The standard InChI is InChI=1S/C15H14N2O/c1-10-5-3-4-6-12(10)15-17-13-9-11(16-2)7-8-14(13)18-15/h3-9,16H,1-2H3. The SMILES string of the molecule is CNc1ccc2oc(-c3ccccc3C)nc2c1. The Morgan fingerprint density at radius 3 is 2.72 bits per heavy atom. The van der Waals surface area contributed by atoms with Crippen LogP contribution in [-0.2, 0) is 0 Å². The fourth-order valence-electron chi connectivity index (χ4n) is 2.01. The van der Waals surface area contributed by atoms with Crippen LogP contribution in [0.5, 0.6) is 0 Å². The highest BCUT2D eigenvalue weighted by Gasteiger charge is 2.10. The van der Waals surface area contributed by atoms with Gasteiger partial charge in [-0.1, -0.05) is 18.2 Å². The van der Waals surface area contributed by atoms with Gasteiger partial charge in [0.2, 0.25) is 5.89 Å². The van der Waals surface area contributed by atoms with Gasteiger partial charge in [-0.2, -0.15) is 0 Å². The zero-order valence-electron chi connectivity index (χ0n) is 10.4. The second kappa shape index (κ2) is 4.18. The molecule has 1 aromatic heterocycles. The number of nitrogens with one attached hydrogen (secondary N) is 1. The van der Waals surface area contributed by atoms with Crippen LogP contribution in [0.15, 0.2) is 46.9 Å². The first-order chi connectivity index (χ1) is 8.78. The summed E-state index contributed by atoms with van der Waals surface area (Å²) in [6.07, 6.45) is 0. The van der Waals surface area contributed by atoms with Crippen molar-refractivity contribution in [2.75, 3.05) is 12.4 Å². The van der Waals surface area contributed by atoms with E-state index >= 15 is 0 Å². The Bertz CT molecular complexity index is 701. The summed E-state index contributed by atoms with van der Waals surface area (Å²) < 4.78 is 5.80. The topological polar surface area (TPSA) is 38.1 Å². The number of rotatable bonds is 2. The molecule has 0 atom stereocenters. The lowest BCUT2D eigenvalue weighted by Gasteiger charge is -1.98. The molecule has 3 nitrogen and oxygen atoms in total. The highest BCUT2D eigenvalue weighted by atomic mass is 16.3. The zero-order valence-corrected chi connectivity index (χ0v) is 10.4. The maximum atomic E-state index is 5.80. The third-order valence-electron chi connectivity index (χ3n) is 3.05. The molecule has 0 spiro atoms. The lowest BCUT2D eigenvalue weighted by atomic mass is 10.1. The van der Waals surface area contributed by atoms with Gasteiger partial charge in [-0.3, -0.25) is 0 Å². The Kier molecular flexibility index (Phi) is 2.52. The average Bonchev–Trinajstić information content (AvgIpc) is 2.81. The number of aromatic nitrogens is 1. The van der Waals surface area contributed by atoms with Crippen LogP contribution < -0.4 is 5.32 Å². The first-order valence-electron chi connectivity index (χ1n) is 5.92. The third-order valence-corrected chi connectivity index (χ3v) is 3.05. The van der Waals surface area contributed by atoms with Crippen molar-refractivity contribution in [1.29, 1.82) is 0 Å². The second-order valence-electron chi connectivity index (χ2n) is 4.27. The number of benzene rings is 2. The van der Waals surface area contributed by atoms with Gasteiger partial charge in [0.1, 0.15) is 5.52 Å². The molecule has 1 heterocycles. The minimum absolute atomic E-state index is 0.677. The van der Waals surface area contributed by atoms with Crippen LogP contribution in [0.1, 0.15) is 5.56 Å². The van der Waals surface area contributed by atoms with E-state index in [0.29, 0.717) is 5.89 Å². The zero-order chi connectivity index (χ0) is 12.5. The summed E-state index contributed by atoms with van der Waals surface area (Å²) in [7, 11) is 1.89. The Morgan fingerprint density at radius 1 is 1.11 bits per heavy atom. The second-order valence-corrected chi connectivity index (χ2v) is 4.27. The van der Waals surface area contributed by atoms with E-state index in [0.717, 1.165) is 27.9 Å². The van der Waals surface area contributed by atoms with E-state index in [-0.39, 0.29) is 0 Å². The predicted molar refractivity (Wildman–Crippen MR) is 73.7 cm³/mol. The fraction of sp³-hybridized carbons (Fsp3) is 0.133. The molecular weight excluding hydrogens is 224 g/mol. The van der Waals surface area contributed by atoms with Crippen LogP contribution in [0.3, 0.4) is 0 Å². The molecule has 90 valence electrons. The van der Waals surface area contributed by atoms with Crippen molar-refractivity contribution in [3.8, 4) is 11.5 Å². The summed E-state index contributed by atoms with van der Waals surface area (Å²) >= 11 is 0. The molecule has 18 heavy (non-hydrogen) atoms. The lowest BCUT2D eigenvalue weighted by molar-refractivity contribution is 0.619. The molecule has 0 bridgehead atoms. The van der Waals surface area contributed by atoms with Gasteiger partial charge in [-0.25, -0.2) is 4.98 Å². The largest absolute Gasteiger partial charge is 0.436 e. The Hall–Kier alpha value is -2.29. The molecule has 0 saturated heterocycles. The summed E-state index contributed by atoms with van der Waals surface area (Å²) in [4.78, 5) is 4.55. The van der Waals surface area contributed by atoms with Gasteiger partial charge < -0.3 is 9.73 Å². The monoisotopic (exact) mass is 238 g/mol. The van der Waals surface area contributed by atoms with E-state index in [1.165, 1.54) is 0 Å². The summed E-state index contributed by atoms with van der Waals surface area (Å²) in [5, 5.41) is 3.10. The first kappa shape index (κ1) is 10.8. The lowest BCUT2D eigenvalue weighted by Crippen LogP contribution is -1.86. The van der Waals surface area contributed by atoms with E-state index < -0.39 is 0 Å². The minimum atomic E-state index is 0.677. The van der Waals surface area contributed by atoms with Crippen LogP contribution >= 0.6 is 0 Å². The van der Waals surface area contributed by atoms with Crippen molar-refractivity contribution in [3.05, 3.63) is 48.0 Å². The third kappa shape index (κ3) is 1.74. The number of fused-ring (bicyclic) bond motifs is 1. The van der Waals surface area contributed by atoms with Crippen molar-refractivity contribution in [2.24, 2.45) is 0 Å². The summed E-state index contributed by atoms with van der Waals surface area (Å²) in [5.41, 5.74) is 4.93. The van der Waals surface area contributed by atoms with Crippen molar-refractivity contribution < 1.29 is 4.42 Å². The van der Waals surface area contributed by atoms with Crippen LogP contribution in [0.4, 0.5) is 5.69 Å². The van der Waals surface area contributed by atoms with Crippen molar-refractivity contribution in [3.63, 3.8) is 0 Å². The Morgan fingerprint density at radius 2 is 1.94 bits per heavy atom. The summed E-state index contributed by atoms with van der Waals surface area (Å²) in [5.74, 6) is 0.677. The molecule has 0 saturated carbocycles. The molecule has 0 unspecified atom stereocenters. The van der Waals surface area contributed by atoms with Gasteiger partial charge in [0.05, 0.1) is 0 Å². The van der Waals surface area contributed by atoms with E-state index in [1.807, 2.05) is 43.4 Å². The highest BCUT2D eigenvalue weighted by molar-refractivity contribution is 5.80. The van der Waals surface area contributed by atoms with Crippen LogP contribution in [0.25, 0.3) is 22.6 Å². The molecule has 0 amide bonds. The molecule has 0 radical (unpaired) electrons. The normalized spacial score (nSPS) is 10.8. The Labute approximate surface area is 105 Å². The molecule has 3 aromatic rings. The number of nitrogens with zero attached hydrogens (tertiary/aromatic N) is 1. The quantitative estimate of drug-likeness (QED) is 0.737. The minimum Gasteiger partial charge on any atom is -0.436 e. The molecule has 3 rings (SSSR count). The smallest absolute Gasteiger partial charge is 0.227 e. The van der Waals surface area contributed by atoms with Gasteiger partial charge >= 0.3 is 0 Å². The molecule has 3 heteroatoms. The van der Waals surface area contributed by atoms with Gasteiger partial charge in [0.25, 0.3) is 0 Å². The first-order valence-corrected chi connectivity index (χ1v) is 5.92. The average molecular weight is 238 g/mol. The number of aryl methyl sites for hydroxylation is 1. The van der Waals surface area contributed by atoms with E-state index in [4.69, 9.17) is 4.42 Å². The molecule has 1 N–H and O–H groups in total. The summed E-state index contributed by atoms with van der Waals surface area (Å²) in [6, 6.07) is 14.0. The van der Waals surface area contributed by atoms with Gasteiger partial charge in [0.15, 0.2) is 5.58 Å². The predicted octanol–water partition coefficient (Wildman–Crippen LogP) is 3.84. The van der Waals surface area contributed by atoms with Crippen LogP contribution in [-0.4, -0.2) is 12.0 Å². The van der Waals surface area contributed by atoms with Crippen LogP contribution in [0.2, 0.25) is 0 Å². The van der Waals surface area contributed by atoms with Crippen molar-refractivity contribution >= 4 is 16.8 Å². The van der Waals surface area contributed by atoms with Gasteiger partial charge in [-0.15, -0.1) is 0 Å². The maximum absolute atomic E-state index is 5.80. The molecule has 0 aliphatic carbocycles. The van der Waals surface area contributed by atoms with Gasteiger partial charge in [-0.05, 0) is 36.8 Å². The molecule has 0 aliphatic heterocycles. The number of anilines is 1. The number of hydrogen-bond donors (Lipinski definition) is 1. The highest BCUT2D eigenvalue weighted by Crippen LogP contribution is 2.27. The molecular formula is C15H14N2O. The van der Waals surface area contributed by atoms with Gasteiger partial charge in [0, 0.05) is 18.3 Å². The fourth-order valence-corrected chi connectivity index (χ4v) is 2.01. The van der Waals surface area contributed by atoms with Crippen molar-refractivity contribution in [2.45, 2.75) is 6.92 Å². The van der Waals surface area contributed by atoms with E-state index in [2.05, 4.69) is 23.3 Å². The van der Waals surface area contributed by atoms with Crippen molar-refractivity contribution in [1.82, 2.24) is 4.98 Å².